The van der Waals surface area contributed by atoms with Crippen molar-refractivity contribution in [3.8, 4) is 0 Å². The van der Waals surface area contributed by atoms with Crippen LogP contribution in [0.2, 0.25) is 5.02 Å². The Bertz CT molecular complexity index is 1170. The molecule has 29 heavy (non-hydrogen) atoms. The van der Waals surface area contributed by atoms with Gasteiger partial charge in [0.05, 0.1) is 5.52 Å². The molecular formula is C24H16ClNO3. The van der Waals surface area contributed by atoms with Crippen molar-refractivity contribution >= 4 is 34.3 Å². The summed E-state index contributed by atoms with van der Waals surface area (Å²) in [5, 5.41) is 1.44. The molecular weight excluding hydrogens is 386 g/mol. The Hall–Kier alpha value is -3.50. The minimum Gasteiger partial charge on any atom is -0.444 e. The van der Waals surface area contributed by atoms with E-state index in [1.54, 1.807) is 60.7 Å². The number of nitrogens with zero attached hydrogens (tertiary/aromatic N) is 1. The maximum absolute atomic E-state index is 13.1. The van der Waals surface area contributed by atoms with Crippen LogP contribution in [0.1, 0.15) is 32.5 Å². The number of aromatic nitrogens is 1. The van der Waals surface area contributed by atoms with Crippen molar-refractivity contribution in [1.29, 1.82) is 0 Å². The van der Waals surface area contributed by atoms with Crippen LogP contribution in [0.5, 0.6) is 0 Å². The first-order chi connectivity index (χ1) is 14.1. The summed E-state index contributed by atoms with van der Waals surface area (Å²) in [6.45, 7) is 0. The van der Waals surface area contributed by atoms with Gasteiger partial charge in [0.25, 0.3) is 0 Å². The van der Waals surface area contributed by atoms with E-state index in [1.807, 2.05) is 30.3 Å². The highest BCUT2D eigenvalue weighted by Gasteiger charge is 2.27. The van der Waals surface area contributed by atoms with Gasteiger partial charge >= 0.3 is 5.97 Å². The standard InChI is InChI=1S/C24H16ClNO3/c25-19-13-10-17(11-14-19)22(27)23(18-7-2-1-3-8-18)29-24(28)21-15-12-16-6-4-5-9-20(16)26-21/h1-15,23H/t23-/m0/s1. The first-order valence-corrected chi connectivity index (χ1v) is 9.41. The van der Waals surface area contributed by atoms with Crippen LogP contribution in [0.3, 0.4) is 0 Å². The topological polar surface area (TPSA) is 56.3 Å². The van der Waals surface area contributed by atoms with Gasteiger partial charge < -0.3 is 4.74 Å². The highest BCUT2D eigenvalue weighted by molar-refractivity contribution is 6.30. The van der Waals surface area contributed by atoms with Gasteiger partial charge in [-0.15, -0.1) is 0 Å². The van der Waals surface area contributed by atoms with Gasteiger partial charge in [-0.25, -0.2) is 9.78 Å². The van der Waals surface area contributed by atoms with Crippen LogP contribution in [0.4, 0.5) is 0 Å². The van der Waals surface area contributed by atoms with Gasteiger partial charge in [-0.1, -0.05) is 66.2 Å². The Morgan fingerprint density at radius 2 is 1.48 bits per heavy atom. The van der Waals surface area contributed by atoms with Crippen LogP contribution in [0.25, 0.3) is 10.9 Å². The average molecular weight is 402 g/mol. The molecule has 5 heteroatoms. The summed E-state index contributed by atoms with van der Waals surface area (Å²) in [4.78, 5) is 30.3. The normalized spacial score (nSPS) is 11.8. The van der Waals surface area contributed by atoms with Crippen LogP contribution in [-0.4, -0.2) is 16.7 Å². The fourth-order valence-electron chi connectivity index (χ4n) is 3.01. The molecule has 0 aliphatic rings. The molecule has 0 aliphatic carbocycles. The van der Waals surface area contributed by atoms with E-state index in [-0.39, 0.29) is 11.5 Å². The molecule has 0 radical (unpaired) electrons. The predicted octanol–water partition coefficient (Wildman–Crippen LogP) is 5.67. The first kappa shape index (κ1) is 18.8. The first-order valence-electron chi connectivity index (χ1n) is 9.03. The van der Waals surface area contributed by atoms with Crippen molar-refractivity contribution in [3.05, 3.63) is 113 Å². The molecule has 4 aromatic rings. The Labute approximate surface area is 172 Å². The summed E-state index contributed by atoms with van der Waals surface area (Å²) in [6.07, 6.45) is -1.09. The van der Waals surface area contributed by atoms with Crippen LogP contribution in [0.15, 0.2) is 91.0 Å². The molecule has 4 rings (SSSR count). The monoisotopic (exact) mass is 401 g/mol. The molecule has 3 aromatic carbocycles. The molecule has 0 fully saturated rings. The third-order valence-corrected chi connectivity index (χ3v) is 4.75. The average Bonchev–Trinajstić information content (AvgIpc) is 2.77. The summed E-state index contributed by atoms with van der Waals surface area (Å²) in [6, 6.07) is 26.3. The van der Waals surface area contributed by atoms with E-state index in [0.29, 0.717) is 21.7 Å². The lowest BCUT2D eigenvalue weighted by atomic mass is 10.00. The van der Waals surface area contributed by atoms with E-state index >= 15 is 0 Å². The van der Waals surface area contributed by atoms with Crippen molar-refractivity contribution in [2.75, 3.05) is 0 Å². The molecule has 0 saturated heterocycles. The number of ether oxygens (including phenoxy) is 1. The Balaban J connectivity index is 1.66. The summed E-state index contributed by atoms with van der Waals surface area (Å²) in [5.74, 6) is -0.992. The number of pyridine rings is 1. The van der Waals surface area contributed by atoms with Crippen molar-refractivity contribution in [1.82, 2.24) is 4.98 Å². The molecule has 0 spiro atoms. The molecule has 1 atom stereocenters. The Morgan fingerprint density at radius 3 is 2.24 bits per heavy atom. The number of hydrogen-bond acceptors (Lipinski definition) is 4. The number of halogens is 1. The SMILES string of the molecule is O=C(O[C@H](C(=O)c1ccc(Cl)cc1)c1ccccc1)c1ccc2ccccc2n1. The van der Waals surface area contributed by atoms with E-state index < -0.39 is 12.1 Å². The number of carbonyl (C=O) groups is 2. The third-order valence-electron chi connectivity index (χ3n) is 4.50. The second-order valence-corrected chi connectivity index (χ2v) is 6.89. The Morgan fingerprint density at radius 1 is 0.793 bits per heavy atom. The van der Waals surface area contributed by atoms with Crippen molar-refractivity contribution < 1.29 is 14.3 Å². The van der Waals surface area contributed by atoms with E-state index in [4.69, 9.17) is 16.3 Å². The summed E-state index contributed by atoms with van der Waals surface area (Å²) in [5.41, 5.74) is 1.82. The molecule has 1 heterocycles. The van der Waals surface area contributed by atoms with Gasteiger partial charge in [0.2, 0.25) is 5.78 Å². The molecule has 0 unspecified atom stereocenters. The van der Waals surface area contributed by atoms with Gasteiger partial charge in [-0.05, 0) is 36.4 Å². The Kier molecular flexibility index (Phi) is 5.36. The lowest BCUT2D eigenvalue weighted by Crippen LogP contribution is -2.21. The summed E-state index contributed by atoms with van der Waals surface area (Å²) >= 11 is 5.92. The number of esters is 1. The zero-order chi connectivity index (χ0) is 20.2. The minimum atomic E-state index is -1.09. The van der Waals surface area contributed by atoms with Crippen molar-refractivity contribution in [2.45, 2.75) is 6.10 Å². The van der Waals surface area contributed by atoms with E-state index in [9.17, 15) is 9.59 Å². The minimum absolute atomic E-state index is 0.147. The van der Waals surface area contributed by atoms with Gasteiger partial charge in [0.1, 0.15) is 5.69 Å². The number of hydrogen-bond donors (Lipinski definition) is 0. The molecule has 0 amide bonds. The molecule has 0 aliphatic heterocycles. The van der Waals surface area contributed by atoms with Crippen LogP contribution in [-0.2, 0) is 4.74 Å². The highest BCUT2D eigenvalue weighted by Crippen LogP contribution is 2.25. The smallest absolute Gasteiger partial charge is 0.358 e. The lowest BCUT2D eigenvalue weighted by Gasteiger charge is -2.17. The summed E-state index contributed by atoms with van der Waals surface area (Å²) < 4.78 is 5.63. The molecule has 0 bridgehead atoms. The zero-order valence-corrected chi connectivity index (χ0v) is 16.0. The predicted molar refractivity (Wildman–Crippen MR) is 112 cm³/mol. The van der Waals surface area contributed by atoms with Crippen LogP contribution < -0.4 is 0 Å². The highest BCUT2D eigenvalue weighted by atomic mass is 35.5. The number of benzene rings is 3. The van der Waals surface area contributed by atoms with E-state index in [1.165, 1.54) is 0 Å². The van der Waals surface area contributed by atoms with E-state index in [2.05, 4.69) is 4.98 Å². The molecule has 4 nitrogen and oxygen atoms in total. The molecule has 0 saturated carbocycles. The number of rotatable bonds is 5. The van der Waals surface area contributed by atoms with Crippen LogP contribution in [0, 0.1) is 0 Å². The third kappa shape index (κ3) is 4.18. The number of ketones is 1. The quantitative estimate of drug-likeness (QED) is 0.319. The number of Topliss-reactive ketones (excluding diaryl/α,β-unsaturated/α-hetero) is 1. The number of para-hydroxylation sites is 1. The number of fused-ring (bicyclic) bond motifs is 1. The summed E-state index contributed by atoms with van der Waals surface area (Å²) in [7, 11) is 0. The molecule has 1 aromatic heterocycles. The van der Waals surface area contributed by atoms with Gasteiger partial charge in [-0.3, -0.25) is 4.79 Å². The second kappa shape index (κ2) is 8.25. The second-order valence-electron chi connectivity index (χ2n) is 6.46. The van der Waals surface area contributed by atoms with Gasteiger partial charge in [-0.2, -0.15) is 0 Å². The maximum Gasteiger partial charge on any atom is 0.358 e. The van der Waals surface area contributed by atoms with Gasteiger partial charge in [0, 0.05) is 21.5 Å². The maximum atomic E-state index is 13.1. The lowest BCUT2D eigenvalue weighted by molar-refractivity contribution is 0.0275. The van der Waals surface area contributed by atoms with Crippen molar-refractivity contribution in [3.63, 3.8) is 0 Å². The van der Waals surface area contributed by atoms with Crippen molar-refractivity contribution in [2.24, 2.45) is 0 Å². The fourth-order valence-corrected chi connectivity index (χ4v) is 3.14. The van der Waals surface area contributed by atoms with E-state index in [0.717, 1.165) is 5.39 Å². The fraction of sp³-hybridized carbons (Fsp3) is 0.0417. The largest absolute Gasteiger partial charge is 0.444 e. The van der Waals surface area contributed by atoms with Gasteiger partial charge in [0.15, 0.2) is 6.10 Å². The molecule has 0 N–H and O–H groups in total. The number of carbonyl (C=O) groups excluding carboxylic acids is 2. The molecule has 142 valence electrons. The zero-order valence-electron chi connectivity index (χ0n) is 15.3. The van der Waals surface area contributed by atoms with Crippen LogP contribution >= 0.6 is 11.6 Å².